The highest BCUT2D eigenvalue weighted by atomic mass is 16.2. The van der Waals surface area contributed by atoms with E-state index < -0.39 is 5.54 Å². The average Bonchev–Trinajstić information content (AvgIpc) is 3.45. The Hall–Kier alpha value is -4.07. The lowest BCUT2D eigenvalue weighted by molar-refractivity contribution is 0.0920. The predicted molar refractivity (Wildman–Crippen MR) is 124 cm³/mol. The molecule has 0 bridgehead atoms. The number of rotatable bonds is 6. The molecule has 0 saturated heterocycles. The number of amides is 1. The molecule has 1 aliphatic rings. The second-order valence-electron chi connectivity index (χ2n) is 8.47. The summed E-state index contributed by atoms with van der Waals surface area (Å²) in [6, 6.07) is 17.7. The van der Waals surface area contributed by atoms with E-state index in [2.05, 4.69) is 20.4 Å². The lowest BCUT2D eigenvalue weighted by atomic mass is 10.0. The van der Waals surface area contributed by atoms with Crippen molar-refractivity contribution in [3.8, 4) is 11.1 Å². The van der Waals surface area contributed by atoms with Crippen LogP contribution in [-0.4, -0.2) is 30.2 Å². The minimum Gasteiger partial charge on any atom is -0.340 e. The van der Waals surface area contributed by atoms with Crippen molar-refractivity contribution in [2.45, 2.75) is 31.3 Å². The molecule has 1 fully saturated rings. The van der Waals surface area contributed by atoms with E-state index in [1.807, 2.05) is 61.5 Å². The van der Waals surface area contributed by atoms with Crippen molar-refractivity contribution >= 4 is 5.91 Å². The van der Waals surface area contributed by atoms with Crippen molar-refractivity contribution in [1.82, 2.24) is 29.6 Å². The summed E-state index contributed by atoms with van der Waals surface area (Å²) in [6.45, 7) is 2.02. The van der Waals surface area contributed by atoms with Gasteiger partial charge in [-0.1, -0.05) is 54.6 Å². The van der Waals surface area contributed by atoms with Crippen LogP contribution >= 0.6 is 0 Å². The van der Waals surface area contributed by atoms with Crippen molar-refractivity contribution < 1.29 is 4.79 Å². The molecule has 166 valence electrons. The van der Waals surface area contributed by atoms with Crippen molar-refractivity contribution in [3.63, 3.8) is 0 Å². The molecule has 8 heteroatoms. The molecule has 2 heterocycles. The number of benzene rings is 2. The topological polar surface area (TPSA) is 94.7 Å². The van der Waals surface area contributed by atoms with Gasteiger partial charge in [-0.2, -0.15) is 0 Å². The van der Waals surface area contributed by atoms with Gasteiger partial charge in [0.25, 0.3) is 11.5 Å². The summed E-state index contributed by atoms with van der Waals surface area (Å²) in [7, 11) is 1.68. The summed E-state index contributed by atoms with van der Waals surface area (Å²) in [5, 5.41) is 7.53. The molecule has 2 aromatic carbocycles. The van der Waals surface area contributed by atoms with Gasteiger partial charge in [0.1, 0.15) is 6.33 Å². The Balaban J connectivity index is 1.32. The van der Waals surface area contributed by atoms with Crippen LogP contribution in [0.4, 0.5) is 0 Å². The molecule has 1 unspecified atom stereocenters. The highest BCUT2D eigenvalue weighted by Crippen LogP contribution is 2.45. The Morgan fingerprint density at radius 2 is 1.79 bits per heavy atom. The van der Waals surface area contributed by atoms with E-state index in [0.717, 1.165) is 29.5 Å². The van der Waals surface area contributed by atoms with E-state index in [1.54, 1.807) is 24.3 Å². The third-order valence-electron chi connectivity index (χ3n) is 6.24. The van der Waals surface area contributed by atoms with Crippen LogP contribution in [0.1, 0.15) is 47.6 Å². The molecular formula is C25H24N6O2. The molecule has 0 aliphatic heterocycles. The van der Waals surface area contributed by atoms with E-state index >= 15 is 0 Å². The van der Waals surface area contributed by atoms with E-state index in [0.29, 0.717) is 5.56 Å². The van der Waals surface area contributed by atoms with Crippen LogP contribution in [0.25, 0.3) is 11.1 Å². The smallest absolute Gasteiger partial charge is 0.291 e. The maximum absolute atomic E-state index is 12.9. The van der Waals surface area contributed by atoms with Gasteiger partial charge >= 0.3 is 0 Å². The molecule has 1 saturated carbocycles. The minimum absolute atomic E-state index is 0.0251. The van der Waals surface area contributed by atoms with E-state index in [4.69, 9.17) is 0 Å². The molecule has 0 spiro atoms. The molecule has 1 amide bonds. The van der Waals surface area contributed by atoms with Gasteiger partial charge < -0.3 is 9.88 Å². The highest BCUT2D eigenvalue weighted by Gasteiger charge is 2.46. The highest BCUT2D eigenvalue weighted by molar-refractivity contribution is 5.91. The summed E-state index contributed by atoms with van der Waals surface area (Å²) in [4.78, 5) is 33.6. The number of hydrogen-bond donors (Lipinski definition) is 1. The van der Waals surface area contributed by atoms with Crippen LogP contribution in [0.15, 0.2) is 78.2 Å². The monoisotopic (exact) mass is 440 g/mol. The van der Waals surface area contributed by atoms with Gasteiger partial charge in [0.05, 0.1) is 23.5 Å². The second kappa shape index (κ2) is 8.12. The number of hydrogen-bond acceptors (Lipinski definition) is 5. The first-order valence-corrected chi connectivity index (χ1v) is 10.9. The van der Waals surface area contributed by atoms with Crippen LogP contribution in [0.3, 0.4) is 0 Å². The fourth-order valence-electron chi connectivity index (χ4n) is 4.01. The zero-order valence-corrected chi connectivity index (χ0v) is 18.5. The minimum atomic E-state index is -0.425. The Morgan fingerprint density at radius 3 is 2.48 bits per heavy atom. The maximum Gasteiger partial charge on any atom is 0.291 e. The Kier molecular flexibility index (Phi) is 5.12. The summed E-state index contributed by atoms with van der Waals surface area (Å²) >= 11 is 0. The number of aryl methyl sites for hydroxylation is 1. The lowest BCUT2D eigenvalue weighted by Crippen LogP contribution is -2.35. The fourth-order valence-corrected chi connectivity index (χ4v) is 4.01. The molecule has 2 aromatic heterocycles. The molecule has 4 aromatic rings. The standard InChI is InChI=1S/C25H24N6O2/c1-17(18-6-4-3-5-7-18)31-16-27-22(29-31)23(32)28-25(12-13-25)20-10-8-19(9-11-20)21-14-26-15-30(2)24(21)33/h3-11,14-17H,12-13H2,1-2H3,(H,28,32). The summed E-state index contributed by atoms with van der Waals surface area (Å²) < 4.78 is 3.16. The Bertz CT molecular complexity index is 1350. The summed E-state index contributed by atoms with van der Waals surface area (Å²) in [5.41, 5.74) is 2.91. The number of nitrogens with one attached hydrogen (secondary N) is 1. The zero-order chi connectivity index (χ0) is 23.0. The van der Waals surface area contributed by atoms with E-state index in [-0.39, 0.29) is 23.3 Å². The quantitative estimate of drug-likeness (QED) is 0.497. The molecular weight excluding hydrogens is 416 g/mol. The van der Waals surface area contributed by atoms with E-state index in [9.17, 15) is 9.59 Å². The first-order chi connectivity index (χ1) is 16.0. The predicted octanol–water partition coefficient (Wildman–Crippen LogP) is 3.07. The normalized spacial score (nSPS) is 15.1. The van der Waals surface area contributed by atoms with E-state index in [1.165, 1.54) is 10.9 Å². The van der Waals surface area contributed by atoms with Gasteiger partial charge in [-0.05, 0) is 36.5 Å². The van der Waals surface area contributed by atoms with Gasteiger partial charge in [0.15, 0.2) is 0 Å². The maximum atomic E-state index is 12.9. The third-order valence-corrected chi connectivity index (χ3v) is 6.24. The van der Waals surface area contributed by atoms with Gasteiger partial charge in [-0.15, -0.1) is 5.10 Å². The van der Waals surface area contributed by atoms with Crippen LogP contribution in [0.5, 0.6) is 0 Å². The van der Waals surface area contributed by atoms with Gasteiger partial charge in [-0.3, -0.25) is 9.59 Å². The SMILES string of the molecule is CC(c1ccccc1)n1cnc(C(=O)NC2(c3ccc(-c4cncn(C)c4=O)cc3)CC2)n1. The molecule has 0 radical (unpaired) electrons. The number of nitrogens with zero attached hydrogens (tertiary/aromatic N) is 5. The largest absolute Gasteiger partial charge is 0.340 e. The molecule has 33 heavy (non-hydrogen) atoms. The first kappa shape index (κ1) is 20.8. The van der Waals surface area contributed by atoms with Crippen LogP contribution in [-0.2, 0) is 12.6 Å². The van der Waals surface area contributed by atoms with Crippen LogP contribution < -0.4 is 10.9 Å². The average molecular weight is 441 g/mol. The molecule has 1 atom stereocenters. The van der Waals surface area contributed by atoms with Crippen molar-refractivity contribution in [2.24, 2.45) is 7.05 Å². The Labute approximate surface area is 191 Å². The third kappa shape index (κ3) is 3.95. The molecule has 8 nitrogen and oxygen atoms in total. The lowest BCUT2D eigenvalue weighted by Gasteiger charge is -2.17. The number of aromatic nitrogens is 5. The second-order valence-corrected chi connectivity index (χ2v) is 8.47. The summed E-state index contributed by atoms with van der Waals surface area (Å²) in [5.74, 6) is -0.142. The number of carbonyl (C=O) groups excluding carboxylic acids is 1. The van der Waals surface area contributed by atoms with Crippen LogP contribution in [0.2, 0.25) is 0 Å². The molecule has 1 aliphatic carbocycles. The van der Waals surface area contributed by atoms with Crippen molar-refractivity contribution in [2.75, 3.05) is 0 Å². The van der Waals surface area contributed by atoms with Gasteiger partial charge in [-0.25, -0.2) is 14.6 Å². The van der Waals surface area contributed by atoms with Gasteiger partial charge in [0, 0.05) is 13.2 Å². The number of carbonyl (C=O) groups is 1. The summed E-state index contributed by atoms with van der Waals surface area (Å²) in [6.07, 6.45) is 6.34. The van der Waals surface area contributed by atoms with Crippen LogP contribution in [0, 0.1) is 0 Å². The molecule has 1 N–H and O–H groups in total. The zero-order valence-electron chi connectivity index (χ0n) is 18.5. The van der Waals surface area contributed by atoms with Crippen molar-refractivity contribution in [1.29, 1.82) is 0 Å². The fraction of sp³-hybridized carbons (Fsp3) is 0.240. The van der Waals surface area contributed by atoms with Gasteiger partial charge in [0.2, 0.25) is 5.82 Å². The Morgan fingerprint density at radius 1 is 1.06 bits per heavy atom. The van der Waals surface area contributed by atoms with Crippen molar-refractivity contribution in [3.05, 3.63) is 101 Å². The molecule has 5 rings (SSSR count). The first-order valence-electron chi connectivity index (χ1n) is 10.9.